The molecule has 0 aliphatic rings. The molecule has 188 valence electrons. The van der Waals surface area contributed by atoms with Gasteiger partial charge in [-0.2, -0.15) is 0 Å². The number of benzene rings is 2. The van der Waals surface area contributed by atoms with E-state index in [-0.39, 0.29) is 0 Å². The molecule has 0 bridgehead atoms. The molecule has 2 aromatic rings. The average molecular weight is 453 g/mol. The molecule has 0 amide bonds. The second-order valence-electron chi connectivity index (χ2n) is 7.58. The number of aryl methyl sites for hydroxylation is 4. The molecule has 0 spiro atoms. The van der Waals surface area contributed by atoms with Crippen molar-refractivity contribution in [3.63, 3.8) is 0 Å². The normalized spacial score (nSPS) is 8.76. The van der Waals surface area contributed by atoms with E-state index in [2.05, 4.69) is 71.7 Å². The number of hydrogen-bond donors (Lipinski definition) is 0. The van der Waals surface area contributed by atoms with Gasteiger partial charge in [-0.15, -0.1) is 6.42 Å². The topological polar surface area (TPSA) is 0 Å². The van der Waals surface area contributed by atoms with Gasteiger partial charge in [0.25, 0.3) is 0 Å². The van der Waals surface area contributed by atoms with Crippen molar-refractivity contribution < 1.29 is 0 Å². The lowest BCUT2D eigenvalue weighted by atomic mass is 9.99. The maximum atomic E-state index is 5.28. The van der Waals surface area contributed by atoms with E-state index in [4.69, 9.17) is 6.42 Å². The van der Waals surface area contributed by atoms with E-state index in [9.17, 15) is 0 Å². The predicted molar refractivity (Wildman–Crippen MR) is 155 cm³/mol. The van der Waals surface area contributed by atoms with Crippen LogP contribution in [0.3, 0.4) is 0 Å². The highest BCUT2D eigenvalue weighted by Gasteiger charge is 1.98. The van der Waals surface area contributed by atoms with Crippen LogP contribution in [0.5, 0.6) is 0 Å². The van der Waals surface area contributed by atoms with E-state index in [1.54, 1.807) is 0 Å². The van der Waals surface area contributed by atoms with Crippen molar-refractivity contribution in [2.45, 2.75) is 127 Å². The maximum Gasteiger partial charge on any atom is 0.0274 e. The average Bonchev–Trinajstić information content (AvgIpc) is 2.90. The van der Waals surface area contributed by atoms with Crippen LogP contribution in [0, 0.1) is 19.3 Å². The molecular weight excluding hydrogens is 396 g/mol. The van der Waals surface area contributed by atoms with Gasteiger partial charge in [-0.25, -0.2) is 0 Å². The van der Waals surface area contributed by atoms with Crippen molar-refractivity contribution in [2.24, 2.45) is 0 Å². The van der Waals surface area contributed by atoms with Gasteiger partial charge in [0.05, 0.1) is 0 Å². The molecule has 0 aliphatic carbocycles. The molecule has 0 saturated carbocycles. The van der Waals surface area contributed by atoms with Gasteiger partial charge in [-0.1, -0.05) is 137 Å². The SMILES string of the molecule is C#Cc1ccccc1CC.CC.CC.CCCC.CCCCCCc1ccc(C)c(CC)c1. The highest BCUT2D eigenvalue weighted by Crippen LogP contribution is 2.14. The first-order valence-corrected chi connectivity index (χ1v) is 13.7. The summed E-state index contributed by atoms with van der Waals surface area (Å²) in [5.41, 5.74) is 6.75. The van der Waals surface area contributed by atoms with Gasteiger partial charge in [-0.05, 0) is 60.9 Å². The smallest absolute Gasteiger partial charge is 0.0274 e. The first-order valence-electron chi connectivity index (χ1n) is 13.7. The quantitative estimate of drug-likeness (QED) is 0.276. The molecule has 0 saturated heterocycles. The van der Waals surface area contributed by atoms with Crippen molar-refractivity contribution in [1.29, 1.82) is 0 Å². The Kier molecular flexibility index (Phi) is 30.2. The van der Waals surface area contributed by atoms with E-state index in [1.807, 2.05) is 45.9 Å². The Balaban J connectivity index is -0.000000431. The monoisotopic (exact) mass is 452 g/mol. The minimum absolute atomic E-state index is 1.01. The Morgan fingerprint density at radius 3 is 1.70 bits per heavy atom. The molecule has 0 N–H and O–H groups in total. The van der Waals surface area contributed by atoms with Gasteiger partial charge in [0.2, 0.25) is 0 Å². The fourth-order valence-electron chi connectivity index (χ4n) is 2.99. The molecule has 0 aromatic heterocycles. The highest BCUT2D eigenvalue weighted by molar-refractivity contribution is 5.39. The minimum Gasteiger partial charge on any atom is -0.115 e. The summed E-state index contributed by atoms with van der Waals surface area (Å²) in [5.74, 6) is 2.65. The van der Waals surface area contributed by atoms with E-state index in [0.29, 0.717) is 0 Å². The van der Waals surface area contributed by atoms with E-state index in [1.165, 1.54) is 67.2 Å². The molecule has 0 radical (unpaired) electrons. The lowest BCUT2D eigenvalue weighted by Crippen LogP contribution is -1.91. The molecule has 33 heavy (non-hydrogen) atoms. The number of hydrogen-bond acceptors (Lipinski definition) is 0. The van der Waals surface area contributed by atoms with Crippen molar-refractivity contribution in [3.8, 4) is 12.3 Å². The molecular formula is C33H56. The number of terminal acetylenes is 1. The summed E-state index contributed by atoms with van der Waals surface area (Å²) >= 11 is 0. The largest absolute Gasteiger partial charge is 0.115 e. The van der Waals surface area contributed by atoms with Crippen molar-refractivity contribution >= 4 is 0 Å². The lowest BCUT2D eigenvalue weighted by molar-refractivity contribution is 0.666. The van der Waals surface area contributed by atoms with Crippen LogP contribution < -0.4 is 0 Å². The highest BCUT2D eigenvalue weighted by atomic mass is 14.0. The molecule has 0 heteroatoms. The lowest BCUT2D eigenvalue weighted by Gasteiger charge is -2.06. The Labute approximate surface area is 209 Å². The second-order valence-corrected chi connectivity index (χ2v) is 7.58. The van der Waals surface area contributed by atoms with Gasteiger partial charge in [-0.3, -0.25) is 0 Å². The summed E-state index contributed by atoms with van der Waals surface area (Å²) in [6.45, 7) is 21.2. The van der Waals surface area contributed by atoms with Crippen LogP contribution in [0.25, 0.3) is 0 Å². The summed E-state index contributed by atoms with van der Waals surface area (Å²) in [4.78, 5) is 0. The second kappa shape index (κ2) is 28.0. The minimum atomic E-state index is 1.01. The van der Waals surface area contributed by atoms with Crippen LogP contribution >= 0.6 is 0 Å². The third-order valence-electron chi connectivity index (χ3n) is 5.17. The molecule has 2 aromatic carbocycles. The summed E-state index contributed by atoms with van der Waals surface area (Å²) in [7, 11) is 0. The Hall–Kier alpha value is -2.00. The number of rotatable bonds is 8. The van der Waals surface area contributed by atoms with E-state index >= 15 is 0 Å². The standard InChI is InChI=1S/C15H24.C10H10.C4H10.2C2H6/c1-4-6-7-8-9-14-11-10-13(3)15(5-2)12-14;1-3-9-7-5-6-8-10(9)4-2;1-3-4-2;2*1-2/h10-12H,4-9H2,1-3H3;1,5-8H,4H2,2H3;3-4H2,1-2H3;2*1-2H3. The summed E-state index contributed by atoms with van der Waals surface area (Å²) < 4.78 is 0. The van der Waals surface area contributed by atoms with Crippen molar-refractivity contribution in [2.75, 3.05) is 0 Å². The zero-order chi connectivity index (χ0) is 25.9. The van der Waals surface area contributed by atoms with Crippen molar-refractivity contribution in [3.05, 3.63) is 70.3 Å². The van der Waals surface area contributed by atoms with Gasteiger partial charge in [0.1, 0.15) is 0 Å². The van der Waals surface area contributed by atoms with Crippen LogP contribution in [-0.4, -0.2) is 0 Å². The van der Waals surface area contributed by atoms with E-state index < -0.39 is 0 Å². The summed E-state index contributed by atoms with van der Waals surface area (Å²) in [6.07, 6.45) is 16.8. The maximum absolute atomic E-state index is 5.28. The molecule has 0 aliphatic heterocycles. The Morgan fingerprint density at radius 1 is 0.667 bits per heavy atom. The van der Waals surface area contributed by atoms with Crippen LogP contribution in [0.15, 0.2) is 42.5 Å². The van der Waals surface area contributed by atoms with Gasteiger partial charge >= 0.3 is 0 Å². The van der Waals surface area contributed by atoms with Gasteiger partial charge in [0.15, 0.2) is 0 Å². The zero-order valence-electron chi connectivity index (χ0n) is 24.0. The zero-order valence-corrected chi connectivity index (χ0v) is 24.0. The van der Waals surface area contributed by atoms with Crippen LogP contribution in [0.4, 0.5) is 0 Å². The number of unbranched alkanes of at least 4 members (excludes halogenated alkanes) is 4. The van der Waals surface area contributed by atoms with Crippen LogP contribution in [0.2, 0.25) is 0 Å². The molecule has 0 heterocycles. The predicted octanol–water partition coefficient (Wildman–Crippen LogP) is 10.8. The summed E-state index contributed by atoms with van der Waals surface area (Å²) in [6, 6.07) is 15.0. The van der Waals surface area contributed by atoms with Gasteiger partial charge < -0.3 is 0 Å². The molecule has 0 atom stereocenters. The molecule has 0 nitrogen and oxygen atoms in total. The Bertz CT molecular complexity index is 685. The molecule has 0 fully saturated rings. The van der Waals surface area contributed by atoms with Crippen LogP contribution in [0.1, 0.15) is 129 Å². The fraction of sp³-hybridized carbons (Fsp3) is 0.576. The van der Waals surface area contributed by atoms with Crippen molar-refractivity contribution in [1.82, 2.24) is 0 Å². The first-order chi connectivity index (χ1) is 16.1. The third kappa shape index (κ3) is 19.2. The fourth-order valence-corrected chi connectivity index (χ4v) is 2.99. The summed E-state index contributed by atoms with van der Waals surface area (Å²) in [5, 5.41) is 0. The molecule has 0 unspecified atom stereocenters. The third-order valence-corrected chi connectivity index (χ3v) is 5.17. The van der Waals surface area contributed by atoms with Crippen LogP contribution in [-0.2, 0) is 19.3 Å². The van der Waals surface area contributed by atoms with E-state index in [0.717, 1.165) is 18.4 Å². The molecule has 2 rings (SSSR count). The first kappa shape index (κ1) is 35.6. The Morgan fingerprint density at radius 2 is 1.24 bits per heavy atom. The van der Waals surface area contributed by atoms with Gasteiger partial charge in [0, 0.05) is 5.56 Å².